The van der Waals surface area contributed by atoms with Crippen LogP contribution in [0.25, 0.3) is 0 Å². The van der Waals surface area contributed by atoms with Gasteiger partial charge >= 0.3 is 0 Å². The number of rotatable bonds is 1. The number of ether oxygens (including phenoxy) is 5. The molecule has 3 rings (SSSR count). The molecule has 0 radical (unpaired) electrons. The standard InChI is InChI=1S/C14H22N2O6/c1-8(17)15-16-11-10-9(20-13(4,5)21-10)6-18-14(11)7-19-12(2,3)22-14/h9-10H,6-7H2,1-5H3,(H,15,17)/b16-11+/t9-,10-,14-/m1/s1. The first-order valence-electron chi connectivity index (χ1n) is 7.31. The summed E-state index contributed by atoms with van der Waals surface area (Å²) in [5.41, 5.74) is 2.86. The van der Waals surface area contributed by atoms with Crippen LogP contribution in [0.5, 0.6) is 0 Å². The summed E-state index contributed by atoms with van der Waals surface area (Å²) in [5.74, 6) is -3.02. The van der Waals surface area contributed by atoms with Gasteiger partial charge in [-0.15, -0.1) is 0 Å². The first-order valence-corrected chi connectivity index (χ1v) is 7.31. The van der Waals surface area contributed by atoms with E-state index in [1.54, 1.807) is 13.8 Å². The van der Waals surface area contributed by atoms with Gasteiger partial charge in [-0.05, 0) is 27.7 Å². The van der Waals surface area contributed by atoms with Crippen LogP contribution >= 0.6 is 0 Å². The van der Waals surface area contributed by atoms with Crippen molar-refractivity contribution < 1.29 is 28.5 Å². The minimum absolute atomic E-state index is 0.172. The van der Waals surface area contributed by atoms with Crippen LogP contribution in [0.2, 0.25) is 0 Å². The average molecular weight is 314 g/mol. The molecule has 3 aliphatic rings. The SMILES string of the molecule is CC(=O)N/N=C1\[C@@H]2OC(C)(C)O[C@@H]2CO[C@@]12COC(C)(C)O2. The Bertz CT molecular complexity index is 515. The largest absolute Gasteiger partial charge is 0.344 e. The molecule has 3 saturated heterocycles. The predicted octanol–water partition coefficient (Wildman–Crippen LogP) is 0.508. The Morgan fingerprint density at radius 2 is 1.91 bits per heavy atom. The van der Waals surface area contributed by atoms with Crippen molar-refractivity contribution in [1.82, 2.24) is 5.43 Å². The van der Waals surface area contributed by atoms with Gasteiger partial charge in [0, 0.05) is 6.92 Å². The fourth-order valence-corrected chi connectivity index (χ4v) is 2.91. The van der Waals surface area contributed by atoms with Crippen LogP contribution < -0.4 is 5.43 Å². The van der Waals surface area contributed by atoms with Crippen molar-refractivity contribution in [2.75, 3.05) is 13.2 Å². The zero-order chi connectivity index (χ0) is 16.2. The van der Waals surface area contributed by atoms with Gasteiger partial charge in [-0.25, -0.2) is 5.43 Å². The van der Waals surface area contributed by atoms with E-state index in [1.807, 2.05) is 13.8 Å². The Kier molecular flexibility index (Phi) is 3.57. The Morgan fingerprint density at radius 1 is 1.18 bits per heavy atom. The zero-order valence-electron chi connectivity index (χ0n) is 13.5. The lowest BCUT2D eigenvalue weighted by atomic mass is 9.98. The molecule has 1 N–H and O–H groups in total. The summed E-state index contributed by atoms with van der Waals surface area (Å²) in [7, 11) is 0. The number of amides is 1. The second-order valence-electron chi connectivity index (χ2n) is 6.61. The highest BCUT2D eigenvalue weighted by Gasteiger charge is 2.61. The van der Waals surface area contributed by atoms with Crippen LogP contribution in [0.15, 0.2) is 5.10 Å². The second-order valence-corrected chi connectivity index (χ2v) is 6.61. The monoisotopic (exact) mass is 314 g/mol. The Labute approximate surface area is 129 Å². The summed E-state index contributed by atoms with van der Waals surface area (Å²) in [5, 5.41) is 4.17. The van der Waals surface area contributed by atoms with Crippen LogP contribution in [-0.2, 0) is 28.5 Å². The summed E-state index contributed by atoms with van der Waals surface area (Å²) >= 11 is 0. The highest BCUT2D eigenvalue weighted by Crippen LogP contribution is 2.42. The van der Waals surface area contributed by atoms with Crippen molar-refractivity contribution >= 4 is 11.6 Å². The van der Waals surface area contributed by atoms with Crippen LogP contribution in [0, 0.1) is 0 Å². The van der Waals surface area contributed by atoms with Gasteiger partial charge < -0.3 is 23.7 Å². The molecule has 3 aliphatic heterocycles. The van der Waals surface area contributed by atoms with E-state index >= 15 is 0 Å². The number of hydrogen-bond donors (Lipinski definition) is 1. The highest BCUT2D eigenvalue weighted by molar-refractivity contribution is 5.97. The number of nitrogens with one attached hydrogen (secondary N) is 1. The van der Waals surface area contributed by atoms with Gasteiger partial charge in [0.25, 0.3) is 0 Å². The van der Waals surface area contributed by atoms with Crippen molar-refractivity contribution in [3.8, 4) is 0 Å². The topological polar surface area (TPSA) is 87.6 Å². The fourth-order valence-electron chi connectivity index (χ4n) is 2.91. The Balaban J connectivity index is 1.94. The molecule has 1 amide bonds. The van der Waals surface area contributed by atoms with Crippen molar-refractivity contribution in [1.29, 1.82) is 0 Å². The number of hydrazone groups is 1. The lowest BCUT2D eigenvalue weighted by molar-refractivity contribution is -0.236. The van der Waals surface area contributed by atoms with Crippen LogP contribution in [0.4, 0.5) is 0 Å². The molecule has 3 heterocycles. The van der Waals surface area contributed by atoms with Gasteiger partial charge in [-0.2, -0.15) is 5.10 Å². The molecular formula is C14H22N2O6. The van der Waals surface area contributed by atoms with E-state index in [9.17, 15) is 4.79 Å². The van der Waals surface area contributed by atoms with Gasteiger partial charge in [0.1, 0.15) is 24.5 Å². The highest BCUT2D eigenvalue weighted by atomic mass is 16.8. The first kappa shape index (κ1) is 15.8. The molecule has 0 aromatic carbocycles. The molecular weight excluding hydrogens is 292 g/mol. The smallest absolute Gasteiger partial charge is 0.239 e. The Hall–Kier alpha value is -1.06. The molecule has 0 aromatic rings. The van der Waals surface area contributed by atoms with E-state index in [0.29, 0.717) is 12.3 Å². The number of hydrogen-bond acceptors (Lipinski definition) is 7. The van der Waals surface area contributed by atoms with Crippen molar-refractivity contribution in [2.45, 2.75) is 64.2 Å². The molecule has 0 saturated carbocycles. The number of nitrogens with zero attached hydrogens (tertiary/aromatic N) is 1. The second kappa shape index (κ2) is 4.97. The third-order valence-electron chi connectivity index (χ3n) is 3.68. The maximum atomic E-state index is 11.2. The summed E-state index contributed by atoms with van der Waals surface area (Å²) in [6.45, 7) is 9.09. The van der Waals surface area contributed by atoms with Gasteiger partial charge in [0.05, 0.1) is 6.61 Å². The number of carbonyl (C=O) groups excluding carboxylic acids is 1. The fraction of sp³-hybridized carbons (Fsp3) is 0.857. The summed E-state index contributed by atoms with van der Waals surface area (Å²) < 4.78 is 29.2. The molecule has 8 heteroatoms. The molecule has 1 spiro atoms. The van der Waals surface area contributed by atoms with Crippen LogP contribution in [0.3, 0.4) is 0 Å². The van der Waals surface area contributed by atoms with E-state index in [-0.39, 0.29) is 18.6 Å². The quantitative estimate of drug-likeness (QED) is 0.710. The van der Waals surface area contributed by atoms with E-state index in [4.69, 9.17) is 23.7 Å². The van der Waals surface area contributed by atoms with Gasteiger partial charge in [-0.3, -0.25) is 4.79 Å². The first-order chi connectivity index (χ1) is 10.1. The summed E-state index contributed by atoms with van der Waals surface area (Å²) in [6, 6.07) is 0. The minimum Gasteiger partial charge on any atom is -0.344 e. The van der Waals surface area contributed by atoms with Crippen molar-refractivity contribution in [3.63, 3.8) is 0 Å². The molecule has 22 heavy (non-hydrogen) atoms. The average Bonchev–Trinajstić information content (AvgIpc) is 2.84. The van der Waals surface area contributed by atoms with Gasteiger partial charge in [0.15, 0.2) is 11.6 Å². The Morgan fingerprint density at radius 3 is 2.50 bits per heavy atom. The predicted molar refractivity (Wildman–Crippen MR) is 74.9 cm³/mol. The van der Waals surface area contributed by atoms with E-state index in [0.717, 1.165) is 0 Å². The zero-order valence-corrected chi connectivity index (χ0v) is 13.5. The van der Waals surface area contributed by atoms with Crippen LogP contribution in [0.1, 0.15) is 34.6 Å². The summed E-state index contributed by atoms with van der Waals surface area (Å²) in [4.78, 5) is 11.2. The number of carbonyl (C=O) groups is 1. The van der Waals surface area contributed by atoms with Gasteiger partial charge in [0.2, 0.25) is 11.7 Å². The third kappa shape index (κ3) is 2.77. The van der Waals surface area contributed by atoms with E-state index < -0.39 is 23.5 Å². The van der Waals surface area contributed by atoms with E-state index in [1.165, 1.54) is 6.92 Å². The minimum atomic E-state index is -1.17. The maximum Gasteiger partial charge on any atom is 0.239 e. The molecule has 0 aromatic heterocycles. The molecule has 3 atom stereocenters. The lowest BCUT2D eigenvalue weighted by Crippen LogP contribution is -2.59. The molecule has 8 nitrogen and oxygen atoms in total. The van der Waals surface area contributed by atoms with Crippen molar-refractivity contribution in [2.24, 2.45) is 5.10 Å². The van der Waals surface area contributed by atoms with Crippen LogP contribution in [-0.4, -0.2) is 54.4 Å². The third-order valence-corrected chi connectivity index (χ3v) is 3.68. The molecule has 0 aliphatic carbocycles. The normalized spacial score (nSPS) is 40.9. The maximum absolute atomic E-state index is 11.2. The molecule has 0 unspecified atom stereocenters. The molecule has 124 valence electrons. The van der Waals surface area contributed by atoms with Crippen molar-refractivity contribution in [3.05, 3.63) is 0 Å². The lowest BCUT2D eigenvalue weighted by Gasteiger charge is -2.38. The number of fused-ring (bicyclic) bond motifs is 1. The molecule has 0 bridgehead atoms. The van der Waals surface area contributed by atoms with E-state index in [2.05, 4.69) is 10.5 Å². The molecule has 3 fully saturated rings. The van der Waals surface area contributed by atoms with Gasteiger partial charge in [-0.1, -0.05) is 0 Å². The summed E-state index contributed by atoms with van der Waals surface area (Å²) in [6.07, 6.45) is -0.770.